The lowest BCUT2D eigenvalue weighted by molar-refractivity contribution is 0.0693. The Morgan fingerprint density at radius 3 is 2.67 bits per heavy atom. The highest BCUT2D eigenvalue weighted by molar-refractivity contribution is 9.10. The van der Waals surface area contributed by atoms with Crippen LogP contribution in [0.1, 0.15) is 43.0 Å². The second kappa shape index (κ2) is 5.83. The van der Waals surface area contributed by atoms with E-state index < -0.39 is 0 Å². The fourth-order valence-corrected chi connectivity index (χ4v) is 2.96. The van der Waals surface area contributed by atoms with Crippen molar-refractivity contribution in [3.05, 3.63) is 34.1 Å². The third-order valence-corrected chi connectivity index (χ3v) is 4.14. The summed E-state index contributed by atoms with van der Waals surface area (Å²) in [5.74, 6) is -0.333. The molecular weight excluding hydrogens is 297 g/mol. The van der Waals surface area contributed by atoms with Crippen LogP contribution < -0.4 is 0 Å². The Balaban J connectivity index is 2.19. The Bertz CT molecular complexity index is 443. The molecule has 0 bridgehead atoms. The van der Waals surface area contributed by atoms with E-state index in [1.807, 2.05) is 11.8 Å². The van der Waals surface area contributed by atoms with E-state index in [-0.39, 0.29) is 11.7 Å². The predicted octanol–water partition coefficient (Wildman–Crippen LogP) is 3.99. The number of hydrogen-bond acceptors (Lipinski definition) is 1. The SMILES string of the molecule is CCN(C(=O)c1ccc(F)c(Br)c1)C1CCCC1. The summed E-state index contributed by atoms with van der Waals surface area (Å²) in [6.45, 7) is 2.70. The first-order valence-corrected chi connectivity index (χ1v) is 7.18. The van der Waals surface area contributed by atoms with Crippen LogP contribution in [0.3, 0.4) is 0 Å². The molecular formula is C14H17BrFNO. The molecule has 0 saturated heterocycles. The molecule has 1 aromatic carbocycles. The van der Waals surface area contributed by atoms with Gasteiger partial charge < -0.3 is 4.90 Å². The lowest BCUT2D eigenvalue weighted by Crippen LogP contribution is -2.38. The maximum absolute atomic E-state index is 13.2. The molecule has 0 heterocycles. The van der Waals surface area contributed by atoms with Crippen molar-refractivity contribution in [2.75, 3.05) is 6.54 Å². The predicted molar refractivity (Wildman–Crippen MR) is 73.1 cm³/mol. The number of halogens is 2. The molecule has 1 aliphatic carbocycles. The van der Waals surface area contributed by atoms with Gasteiger partial charge in [-0.1, -0.05) is 12.8 Å². The quantitative estimate of drug-likeness (QED) is 0.826. The summed E-state index contributed by atoms with van der Waals surface area (Å²) in [6, 6.07) is 4.81. The first-order valence-electron chi connectivity index (χ1n) is 6.39. The van der Waals surface area contributed by atoms with Gasteiger partial charge in [-0.3, -0.25) is 4.79 Å². The summed E-state index contributed by atoms with van der Waals surface area (Å²) in [7, 11) is 0. The molecule has 0 spiro atoms. The Morgan fingerprint density at radius 1 is 1.44 bits per heavy atom. The van der Waals surface area contributed by atoms with E-state index in [0.717, 1.165) is 12.8 Å². The van der Waals surface area contributed by atoms with E-state index in [1.165, 1.54) is 18.9 Å². The third kappa shape index (κ3) is 2.74. The molecule has 98 valence electrons. The van der Waals surface area contributed by atoms with E-state index >= 15 is 0 Å². The van der Waals surface area contributed by atoms with Crippen LogP contribution in [-0.2, 0) is 0 Å². The molecule has 0 N–H and O–H groups in total. The average molecular weight is 314 g/mol. The summed E-state index contributed by atoms with van der Waals surface area (Å²) in [6.07, 6.45) is 4.56. The van der Waals surface area contributed by atoms with Gasteiger partial charge in [0, 0.05) is 18.2 Å². The zero-order valence-corrected chi connectivity index (χ0v) is 12.0. The maximum Gasteiger partial charge on any atom is 0.254 e. The van der Waals surface area contributed by atoms with Crippen LogP contribution in [0.25, 0.3) is 0 Å². The van der Waals surface area contributed by atoms with Crippen LogP contribution in [0.15, 0.2) is 22.7 Å². The number of hydrogen-bond donors (Lipinski definition) is 0. The van der Waals surface area contributed by atoms with Crippen LogP contribution in [0, 0.1) is 5.82 Å². The van der Waals surface area contributed by atoms with Crippen LogP contribution in [0.5, 0.6) is 0 Å². The number of rotatable bonds is 3. The topological polar surface area (TPSA) is 20.3 Å². The summed E-state index contributed by atoms with van der Waals surface area (Å²) in [5.41, 5.74) is 0.553. The van der Waals surface area contributed by atoms with Crippen LogP contribution in [-0.4, -0.2) is 23.4 Å². The molecule has 1 fully saturated rings. The number of carbonyl (C=O) groups excluding carboxylic acids is 1. The summed E-state index contributed by atoms with van der Waals surface area (Å²) >= 11 is 3.12. The fourth-order valence-electron chi connectivity index (χ4n) is 2.58. The fraction of sp³-hybridized carbons (Fsp3) is 0.500. The van der Waals surface area contributed by atoms with E-state index in [0.29, 0.717) is 22.6 Å². The van der Waals surface area contributed by atoms with Gasteiger partial charge in [0.25, 0.3) is 5.91 Å². The standard InChI is InChI=1S/C14H17BrFNO/c1-2-17(11-5-3-4-6-11)14(18)10-7-8-13(16)12(15)9-10/h7-9,11H,2-6H2,1H3. The molecule has 1 saturated carbocycles. The zero-order valence-electron chi connectivity index (χ0n) is 10.5. The van der Waals surface area contributed by atoms with Crippen molar-refractivity contribution >= 4 is 21.8 Å². The van der Waals surface area contributed by atoms with E-state index in [1.54, 1.807) is 12.1 Å². The minimum absolute atomic E-state index is 0.00472. The first kappa shape index (κ1) is 13.5. The monoisotopic (exact) mass is 313 g/mol. The molecule has 0 aromatic heterocycles. The molecule has 4 heteroatoms. The largest absolute Gasteiger partial charge is 0.336 e. The van der Waals surface area contributed by atoms with Crippen molar-refractivity contribution in [1.29, 1.82) is 0 Å². The van der Waals surface area contributed by atoms with Gasteiger partial charge in [0.05, 0.1) is 4.47 Å². The van der Waals surface area contributed by atoms with Crippen molar-refractivity contribution in [1.82, 2.24) is 4.90 Å². The lowest BCUT2D eigenvalue weighted by atomic mass is 10.1. The van der Waals surface area contributed by atoms with Gasteiger partial charge in [0.1, 0.15) is 5.82 Å². The van der Waals surface area contributed by atoms with Crippen molar-refractivity contribution in [2.24, 2.45) is 0 Å². The molecule has 2 rings (SSSR count). The van der Waals surface area contributed by atoms with E-state index in [9.17, 15) is 9.18 Å². The molecule has 0 atom stereocenters. The minimum atomic E-state index is -0.338. The number of benzene rings is 1. The molecule has 1 aliphatic rings. The molecule has 1 amide bonds. The van der Waals surface area contributed by atoms with Gasteiger partial charge in [-0.2, -0.15) is 0 Å². The first-order chi connectivity index (χ1) is 8.63. The highest BCUT2D eigenvalue weighted by Gasteiger charge is 2.26. The number of nitrogens with zero attached hydrogens (tertiary/aromatic N) is 1. The Morgan fingerprint density at radius 2 is 2.11 bits per heavy atom. The van der Waals surface area contributed by atoms with Crippen LogP contribution >= 0.6 is 15.9 Å². The van der Waals surface area contributed by atoms with Crippen LogP contribution in [0.2, 0.25) is 0 Å². The molecule has 0 radical (unpaired) electrons. The van der Waals surface area contributed by atoms with E-state index in [4.69, 9.17) is 0 Å². The molecule has 18 heavy (non-hydrogen) atoms. The van der Waals surface area contributed by atoms with Crippen molar-refractivity contribution in [2.45, 2.75) is 38.6 Å². The smallest absolute Gasteiger partial charge is 0.254 e. The molecule has 0 aliphatic heterocycles. The highest BCUT2D eigenvalue weighted by Crippen LogP contribution is 2.25. The van der Waals surface area contributed by atoms with Crippen molar-refractivity contribution in [3.63, 3.8) is 0 Å². The Kier molecular flexibility index (Phi) is 4.38. The molecule has 2 nitrogen and oxygen atoms in total. The number of carbonyl (C=O) groups is 1. The molecule has 0 unspecified atom stereocenters. The third-order valence-electron chi connectivity index (χ3n) is 3.53. The summed E-state index contributed by atoms with van der Waals surface area (Å²) in [4.78, 5) is 14.3. The van der Waals surface area contributed by atoms with Gasteiger partial charge in [-0.15, -0.1) is 0 Å². The van der Waals surface area contributed by atoms with Gasteiger partial charge in [0.15, 0.2) is 0 Å². The summed E-state index contributed by atoms with van der Waals surface area (Å²) in [5, 5.41) is 0. The van der Waals surface area contributed by atoms with Gasteiger partial charge >= 0.3 is 0 Å². The minimum Gasteiger partial charge on any atom is -0.336 e. The van der Waals surface area contributed by atoms with Gasteiger partial charge in [-0.25, -0.2) is 4.39 Å². The second-order valence-corrected chi connectivity index (χ2v) is 5.51. The van der Waals surface area contributed by atoms with Crippen LogP contribution in [0.4, 0.5) is 4.39 Å². The average Bonchev–Trinajstić information content (AvgIpc) is 2.87. The zero-order chi connectivity index (χ0) is 13.1. The van der Waals surface area contributed by atoms with Gasteiger partial charge in [-0.05, 0) is 53.9 Å². The Hall–Kier alpha value is -0.900. The Labute approximate surface area is 115 Å². The van der Waals surface area contributed by atoms with Crippen molar-refractivity contribution < 1.29 is 9.18 Å². The lowest BCUT2D eigenvalue weighted by Gasteiger charge is -2.27. The van der Waals surface area contributed by atoms with Crippen molar-refractivity contribution in [3.8, 4) is 0 Å². The maximum atomic E-state index is 13.2. The highest BCUT2D eigenvalue weighted by atomic mass is 79.9. The van der Waals surface area contributed by atoms with Gasteiger partial charge in [0.2, 0.25) is 0 Å². The molecule has 1 aromatic rings. The number of amides is 1. The second-order valence-electron chi connectivity index (χ2n) is 4.66. The normalized spacial score (nSPS) is 15.9. The van der Waals surface area contributed by atoms with E-state index in [2.05, 4.69) is 15.9 Å². The summed E-state index contributed by atoms with van der Waals surface area (Å²) < 4.78 is 13.5.